The van der Waals surface area contributed by atoms with Gasteiger partial charge in [-0.15, -0.1) is 0 Å². The van der Waals surface area contributed by atoms with Crippen molar-refractivity contribution in [1.29, 1.82) is 0 Å². The average Bonchev–Trinajstić information content (AvgIpc) is 2.56. The molecule has 2 amide bonds. The summed E-state index contributed by atoms with van der Waals surface area (Å²) in [7, 11) is 0. The maximum atomic E-state index is 12.6. The second-order valence-corrected chi connectivity index (χ2v) is 6.55. The highest BCUT2D eigenvalue weighted by atomic mass is 35.5. The number of nitrogens with one attached hydrogen (secondary N) is 2. The van der Waals surface area contributed by atoms with Crippen molar-refractivity contribution in [3.63, 3.8) is 0 Å². The first-order chi connectivity index (χ1) is 11.1. The van der Waals surface area contributed by atoms with Crippen LogP contribution < -0.4 is 10.6 Å². The fourth-order valence-electron chi connectivity index (χ4n) is 3.28. The summed E-state index contributed by atoms with van der Waals surface area (Å²) in [6, 6.07) is 6.83. The van der Waals surface area contributed by atoms with Crippen molar-refractivity contribution in [3.05, 3.63) is 34.9 Å². The summed E-state index contributed by atoms with van der Waals surface area (Å²) in [5.41, 5.74) is 0.700. The van der Waals surface area contributed by atoms with Crippen molar-refractivity contribution in [2.24, 2.45) is 0 Å². The van der Waals surface area contributed by atoms with E-state index in [4.69, 9.17) is 16.3 Å². The standard InChI is InChI=1S/C17H21ClN2O3/c18-13-9-5-4-8-12(13)15-16(23-10-14(21)20-15)17(22)19-11-6-2-1-3-7-11/h4-5,8-9,11,15-16H,1-3,6-7,10H2,(H,19,22)(H,20,21)/t15-,16+/m1/s1. The van der Waals surface area contributed by atoms with Gasteiger partial charge in [-0.05, 0) is 24.5 Å². The Morgan fingerprint density at radius 2 is 1.96 bits per heavy atom. The van der Waals surface area contributed by atoms with Crippen LogP contribution in [-0.4, -0.2) is 30.6 Å². The lowest BCUT2D eigenvalue weighted by Gasteiger charge is -2.33. The Kier molecular flexibility index (Phi) is 5.18. The van der Waals surface area contributed by atoms with E-state index in [2.05, 4.69) is 10.6 Å². The van der Waals surface area contributed by atoms with Gasteiger partial charge in [0.1, 0.15) is 6.61 Å². The number of morpholine rings is 1. The van der Waals surface area contributed by atoms with Crippen LogP contribution in [0.15, 0.2) is 24.3 Å². The van der Waals surface area contributed by atoms with E-state index in [1.54, 1.807) is 6.07 Å². The molecule has 0 bridgehead atoms. The first kappa shape index (κ1) is 16.3. The van der Waals surface area contributed by atoms with Crippen LogP contribution in [0.1, 0.15) is 43.7 Å². The maximum absolute atomic E-state index is 12.6. The highest BCUT2D eigenvalue weighted by molar-refractivity contribution is 6.31. The van der Waals surface area contributed by atoms with Crippen LogP contribution in [0, 0.1) is 0 Å². The summed E-state index contributed by atoms with van der Waals surface area (Å²) >= 11 is 6.23. The number of hydrogen-bond donors (Lipinski definition) is 2. The summed E-state index contributed by atoms with van der Waals surface area (Å²) in [5, 5.41) is 6.41. The van der Waals surface area contributed by atoms with E-state index in [1.807, 2.05) is 18.2 Å². The Morgan fingerprint density at radius 1 is 1.22 bits per heavy atom. The fraction of sp³-hybridized carbons (Fsp3) is 0.529. The van der Waals surface area contributed by atoms with Gasteiger partial charge in [-0.2, -0.15) is 0 Å². The van der Waals surface area contributed by atoms with Crippen LogP contribution >= 0.6 is 11.6 Å². The largest absolute Gasteiger partial charge is 0.356 e. The van der Waals surface area contributed by atoms with Gasteiger partial charge in [0, 0.05) is 11.1 Å². The van der Waals surface area contributed by atoms with Gasteiger partial charge in [-0.1, -0.05) is 49.1 Å². The molecule has 3 rings (SSSR count). The fourth-order valence-corrected chi connectivity index (χ4v) is 3.53. The Morgan fingerprint density at radius 3 is 2.70 bits per heavy atom. The predicted octanol–water partition coefficient (Wildman–Crippen LogP) is 2.34. The minimum absolute atomic E-state index is 0.107. The number of rotatable bonds is 3. The van der Waals surface area contributed by atoms with E-state index in [-0.39, 0.29) is 24.5 Å². The van der Waals surface area contributed by atoms with E-state index in [9.17, 15) is 9.59 Å². The third-order valence-corrected chi connectivity index (χ3v) is 4.81. The van der Waals surface area contributed by atoms with E-state index < -0.39 is 12.1 Å². The van der Waals surface area contributed by atoms with Gasteiger partial charge in [0.25, 0.3) is 5.91 Å². The molecule has 6 heteroatoms. The van der Waals surface area contributed by atoms with Crippen LogP contribution in [-0.2, 0) is 14.3 Å². The summed E-state index contributed by atoms with van der Waals surface area (Å²) in [5.74, 6) is -0.418. The molecule has 1 aromatic carbocycles. The first-order valence-electron chi connectivity index (χ1n) is 8.11. The zero-order chi connectivity index (χ0) is 16.2. The van der Waals surface area contributed by atoms with Crippen molar-refractivity contribution >= 4 is 23.4 Å². The van der Waals surface area contributed by atoms with Crippen molar-refractivity contribution in [3.8, 4) is 0 Å². The molecule has 0 unspecified atom stereocenters. The minimum Gasteiger partial charge on any atom is -0.356 e. The smallest absolute Gasteiger partial charge is 0.251 e. The average molecular weight is 337 g/mol. The summed E-state index contributed by atoms with van der Waals surface area (Å²) in [4.78, 5) is 24.3. The monoisotopic (exact) mass is 336 g/mol. The minimum atomic E-state index is -0.755. The molecule has 1 aliphatic heterocycles. The number of benzene rings is 1. The summed E-state index contributed by atoms with van der Waals surface area (Å²) in [6.45, 7) is -0.107. The molecule has 23 heavy (non-hydrogen) atoms. The Balaban J connectivity index is 1.76. The highest BCUT2D eigenvalue weighted by Gasteiger charge is 2.37. The third-order valence-electron chi connectivity index (χ3n) is 4.46. The van der Waals surface area contributed by atoms with Crippen LogP contribution in [0.2, 0.25) is 5.02 Å². The van der Waals surface area contributed by atoms with Crippen LogP contribution in [0.25, 0.3) is 0 Å². The Hall–Kier alpha value is -1.59. The Labute approximate surface area is 140 Å². The lowest BCUT2D eigenvalue weighted by atomic mass is 9.94. The van der Waals surface area contributed by atoms with Crippen LogP contribution in [0.5, 0.6) is 0 Å². The molecule has 1 aromatic rings. The third kappa shape index (κ3) is 3.85. The molecule has 1 saturated heterocycles. The first-order valence-corrected chi connectivity index (χ1v) is 8.49. The molecular weight excluding hydrogens is 316 g/mol. The molecule has 5 nitrogen and oxygen atoms in total. The zero-order valence-electron chi connectivity index (χ0n) is 12.9. The second-order valence-electron chi connectivity index (χ2n) is 6.14. The van der Waals surface area contributed by atoms with Crippen LogP contribution in [0.3, 0.4) is 0 Å². The van der Waals surface area contributed by atoms with Crippen LogP contribution in [0.4, 0.5) is 0 Å². The number of ether oxygens (including phenoxy) is 1. The van der Waals surface area contributed by atoms with Gasteiger partial charge >= 0.3 is 0 Å². The van der Waals surface area contributed by atoms with E-state index in [0.29, 0.717) is 10.6 Å². The van der Waals surface area contributed by atoms with Gasteiger partial charge in [-0.25, -0.2) is 0 Å². The van der Waals surface area contributed by atoms with Gasteiger partial charge in [0.2, 0.25) is 5.91 Å². The number of halogens is 1. The zero-order valence-corrected chi connectivity index (χ0v) is 13.6. The van der Waals surface area contributed by atoms with Gasteiger partial charge in [0.15, 0.2) is 6.10 Å². The molecule has 2 N–H and O–H groups in total. The topological polar surface area (TPSA) is 67.4 Å². The van der Waals surface area contributed by atoms with Crippen molar-refractivity contribution in [2.75, 3.05) is 6.61 Å². The summed E-state index contributed by atoms with van der Waals surface area (Å²) in [6.07, 6.45) is 4.75. The van der Waals surface area contributed by atoms with Crippen molar-refractivity contribution < 1.29 is 14.3 Å². The van der Waals surface area contributed by atoms with Crippen molar-refractivity contribution in [1.82, 2.24) is 10.6 Å². The lowest BCUT2D eigenvalue weighted by molar-refractivity contribution is -0.148. The van der Waals surface area contributed by atoms with E-state index >= 15 is 0 Å². The predicted molar refractivity (Wildman–Crippen MR) is 87.1 cm³/mol. The second kappa shape index (κ2) is 7.32. The van der Waals surface area contributed by atoms with E-state index in [1.165, 1.54) is 6.42 Å². The number of hydrogen-bond acceptors (Lipinski definition) is 3. The molecule has 2 fully saturated rings. The molecule has 2 atom stereocenters. The molecule has 2 aliphatic rings. The van der Waals surface area contributed by atoms with E-state index in [0.717, 1.165) is 25.7 Å². The number of amides is 2. The molecule has 0 spiro atoms. The molecule has 1 aliphatic carbocycles. The molecule has 1 heterocycles. The SMILES string of the molecule is O=C1CO[C@H](C(=O)NC2CCCCC2)[C@@H](c2ccccc2Cl)N1. The maximum Gasteiger partial charge on any atom is 0.251 e. The normalized spacial score (nSPS) is 25.7. The highest BCUT2D eigenvalue weighted by Crippen LogP contribution is 2.29. The van der Waals surface area contributed by atoms with Gasteiger partial charge in [0.05, 0.1) is 6.04 Å². The Bertz CT molecular complexity index is 587. The number of carbonyl (C=O) groups is 2. The van der Waals surface area contributed by atoms with Crippen molar-refractivity contribution in [2.45, 2.75) is 50.3 Å². The molecular formula is C17H21ClN2O3. The van der Waals surface area contributed by atoms with Gasteiger partial charge in [-0.3, -0.25) is 9.59 Å². The molecule has 0 radical (unpaired) electrons. The molecule has 1 saturated carbocycles. The molecule has 0 aromatic heterocycles. The quantitative estimate of drug-likeness (QED) is 0.890. The lowest BCUT2D eigenvalue weighted by Crippen LogP contribution is -2.54. The number of carbonyl (C=O) groups excluding carboxylic acids is 2. The molecule has 124 valence electrons. The van der Waals surface area contributed by atoms with Gasteiger partial charge < -0.3 is 15.4 Å². The summed E-state index contributed by atoms with van der Waals surface area (Å²) < 4.78 is 5.53.